The van der Waals surface area contributed by atoms with Gasteiger partial charge in [0, 0.05) is 11.6 Å². The number of benzene rings is 1. The first-order chi connectivity index (χ1) is 8.59. The molecule has 2 nitrogen and oxygen atoms in total. The third kappa shape index (κ3) is 5.38. The second kappa shape index (κ2) is 7.78. The molecule has 0 aliphatic rings. The number of hydrogen-bond donors (Lipinski definition) is 1. The highest BCUT2D eigenvalue weighted by atomic mass is 35.5. The zero-order valence-electron chi connectivity index (χ0n) is 11.6. The van der Waals surface area contributed by atoms with E-state index in [0.29, 0.717) is 6.61 Å². The van der Waals surface area contributed by atoms with Gasteiger partial charge in [0.05, 0.1) is 12.2 Å². The summed E-state index contributed by atoms with van der Waals surface area (Å²) in [6.45, 7) is 9.06. The molecule has 0 bridgehead atoms. The molecule has 0 radical (unpaired) electrons. The molecule has 3 heteroatoms. The summed E-state index contributed by atoms with van der Waals surface area (Å²) in [5, 5.41) is 4.19. The smallest absolute Gasteiger partial charge is 0.0780 e. The molecule has 0 fully saturated rings. The lowest BCUT2D eigenvalue weighted by Gasteiger charge is -2.29. The zero-order chi connectivity index (χ0) is 13.4. The van der Waals surface area contributed by atoms with Gasteiger partial charge in [0.2, 0.25) is 0 Å². The lowest BCUT2D eigenvalue weighted by atomic mass is 10.0. The predicted molar refractivity (Wildman–Crippen MR) is 78.1 cm³/mol. The van der Waals surface area contributed by atoms with E-state index in [-0.39, 0.29) is 5.60 Å². The third-order valence-corrected chi connectivity index (χ3v) is 3.43. The molecule has 0 heterocycles. The van der Waals surface area contributed by atoms with E-state index in [1.54, 1.807) is 0 Å². The molecule has 1 unspecified atom stereocenters. The van der Waals surface area contributed by atoms with Crippen molar-refractivity contribution >= 4 is 11.6 Å². The molecule has 1 aromatic carbocycles. The van der Waals surface area contributed by atoms with Gasteiger partial charge in [0.1, 0.15) is 0 Å². The fourth-order valence-electron chi connectivity index (χ4n) is 1.65. The van der Waals surface area contributed by atoms with Crippen LogP contribution < -0.4 is 5.32 Å². The lowest BCUT2D eigenvalue weighted by Crippen LogP contribution is -2.40. The van der Waals surface area contributed by atoms with Crippen LogP contribution in [0.4, 0.5) is 0 Å². The minimum atomic E-state index is -0.102. The zero-order valence-corrected chi connectivity index (χ0v) is 12.4. The van der Waals surface area contributed by atoms with Crippen molar-refractivity contribution in [2.45, 2.75) is 45.8 Å². The average molecular weight is 270 g/mol. The first kappa shape index (κ1) is 15.5. The summed E-state index contributed by atoms with van der Waals surface area (Å²) in [6.07, 6.45) is 2.15. The Morgan fingerprint density at radius 3 is 2.44 bits per heavy atom. The summed E-state index contributed by atoms with van der Waals surface area (Å²) in [5.74, 6) is 0. The van der Waals surface area contributed by atoms with Crippen LogP contribution in [0.2, 0.25) is 5.02 Å². The number of nitrogens with one attached hydrogen (secondary N) is 1. The van der Waals surface area contributed by atoms with Crippen molar-refractivity contribution in [1.82, 2.24) is 5.32 Å². The van der Waals surface area contributed by atoms with Crippen LogP contribution >= 0.6 is 11.6 Å². The molecule has 102 valence electrons. The van der Waals surface area contributed by atoms with Crippen LogP contribution in [0.3, 0.4) is 0 Å². The van der Waals surface area contributed by atoms with E-state index in [9.17, 15) is 0 Å². The highest BCUT2D eigenvalue weighted by Crippen LogP contribution is 2.18. The largest absolute Gasteiger partial charge is 0.369 e. The first-order valence-electron chi connectivity index (χ1n) is 6.69. The molecule has 0 amide bonds. The standard InChI is InChI=1S/C15H24ClNO/c1-4-10-17-12-15(3,5-2)18-11-13-6-8-14(16)9-7-13/h6-9,17H,4-5,10-12H2,1-3H3. The van der Waals surface area contributed by atoms with Gasteiger partial charge in [0.25, 0.3) is 0 Å². The van der Waals surface area contributed by atoms with Crippen molar-refractivity contribution in [3.05, 3.63) is 34.9 Å². The SMILES string of the molecule is CCCNCC(C)(CC)OCc1ccc(Cl)cc1. The number of hydrogen-bond acceptors (Lipinski definition) is 2. The van der Waals surface area contributed by atoms with E-state index in [0.717, 1.165) is 36.5 Å². The van der Waals surface area contributed by atoms with Gasteiger partial charge < -0.3 is 10.1 Å². The van der Waals surface area contributed by atoms with Gasteiger partial charge in [-0.2, -0.15) is 0 Å². The van der Waals surface area contributed by atoms with Crippen LogP contribution in [-0.2, 0) is 11.3 Å². The fraction of sp³-hybridized carbons (Fsp3) is 0.600. The van der Waals surface area contributed by atoms with Crippen molar-refractivity contribution in [3.63, 3.8) is 0 Å². The summed E-state index contributed by atoms with van der Waals surface area (Å²) in [6, 6.07) is 7.83. The van der Waals surface area contributed by atoms with Crippen LogP contribution in [0.25, 0.3) is 0 Å². The average Bonchev–Trinajstić information content (AvgIpc) is 2.38. The molecular formula is C15H24ClNO. The maximum Gasteiger partial charge on any atom is 0.0780 e. The van der Waals surface area contributed by atoms with E-state index in [2.05, 4.69) is 26.1 Å². The normalized spacial score (nSPS) is 14.4. The van der Waals surface area contributed by atoms with Gasteiger partial charge in [-0.05, 0) is 44.0 Å². The second-order valence-electron chi connectivity index (χ2n) is 4.90. The summed E-state index contributed by atoms with van der Waals surface area (Å²) in [7, 11) is 0. The van der Waals surface area contributed by atoms with Crippen molar-refractivity contribution in [2.24, 2.45) is 0 Å². The Morgan fingerprint density at radius 1 is 1.22 bits per heavy atom. The maximum atomic E-state index is 6.05. The Hall–Kier alpha value is -0.570. The predicted octanol–water partition coefficient (Wildman–Crippen LogP) is 4.02. The van der Waals surface area contributed by atoms with Crippen LogP contribution in [0, 0.1) is 0 Å². The molecule has 0 spiro atoms. The lowest BCUT2D eigenvalue weighted by molar-refractivity contribution is -0.0442. The topological polar surface area (TPSA) is 21.3 Å². The minimum absolute atomic E-state index is 0.102. The summed E-state index contributed by atoms with van der Waals surface area (Å²) in [5.41, 5.74) is 1.06. The van der Waals surface area contributed by atoms with Crippen molar-refractivity contribution in [1.29, 1.82) is 0 Å². The monoisotopic (exact) mass is 269 g/mol. The first-order valence-corrected chi connectivity index (χ1v) is 7.06. The number of halogens is 1. The van der Waals surface area contributed by atoms with Crippen LogP contribution in [-0.4, -0.2) is 18.7 Å². The summed E-state index contributed by atoms with van der Waals surface area (Å²) < 4.78 is 6.05. The van der Waals surface area contributed by atoms with E-state index < -0.39 is 0 Å². The molecule has 0 aliphatic heterocycles. The Balaban J connectivity index is 2.44. The second-order valence-corrected chi connectivity index (χ2v) is 5.33. The number of ether oxygens (including phenoxy) is 1. The van der Waals surface area contributed by atoms with E-state index >= 15 is 0 Å². The summed E-state index contributed by atoms with van der Waals surface area (Å²) >= 11 is 5.86. The molecule has 0 saturated heterocycles. The Kier molecular flexibility index (Phi) is 6.69. The van der Waals surface area contributed by atoms with Crippen LogP contribution in [0.15, 0.2) is 24.3 Å². The number of rotatable bonds is 8. The third-order valence-electron chi connectivity index (χ3n) is 3.17. The highest BCUT2D eigenvalue weighted by molar-refractivity contribution is 6.30. The Morgan fingerprint density at radius 2 is 1.89 bits per heavy atom. The van der Waals surface area contributed by atoms with Gasteiger partial charge in [-0.25, -0.2) is 0 Å². The summed E-state index contributed by atoms with van der Waals surface area (Å²) in [4.78, 5) is 0. The molecule has 18 heavy (non-hydrogen) atoms. The van der Waals surface area contributed by atoms with Crippen molar-refractivity contribution in [3.8, 4) is 0 Å². The molecule has 0 aromatic heterocycles. The molecule has 1 N–H and O–H groups in total. The van der Waals surface area contributed by atoms with Crippen molar-refractivity contribution < 1.29 is 4.74 Å². The van der Waals surface area contributed by atoms with E-state index in [4.69, 9.17) is 16.3 Å². The molecular weight excluding hydrogens is 246 g/mol. The Labute approximate surface area is 116 Å². The molecule has 0 saturated carbocycles. The molecule has 0 aliphatic carbocycles. The molecule has 1 rings (SSSR count). The van der Waals surface area contributed by atoms with Gasteiger partial charge in [-0.1, -0.05) is 37.6 Å². The van der Waals surface area contributed by atoms with Crippen LogP contribution in [0.1, 0.15) is 39.2 Å². The molecule has 1 aromatic rings. The van der Waals surface area contributed by atoms with Crippen molar-refractivity contribution in [2.75, 3.05) is 13.1 Å². The van der Waals surface area contributed by atoms with Gasteiger partial charge in [-0.3, -0.25) is 0 Å². The highest BCUT2D eigenvalue weighted by Gasteiger charge is 2.22. The van der Waals surface area contributed by atoms with E-state index in [1.165, 1.54) is 0 Å². The molecule has 1 atom stereocenters. The minimum Gasteiger partial charge on any atom is -0.369 e. The maximum absolute atomic E-state index is 6.05. The van der Waals surface area contributed by atoms with Gasteiger partial charge in [-0.15, -0.1) is 0 Å². The van der Waals surface area contributed by atoms with Crippen LogP contribution in [0.5, 0.6) is 0 Å². The van der Waals surface area contributed by atoms with Gasteiger partial charge >= 0.3 is 0 Å². The van der Waals surface area contributed by atoms with E-state index in [1.807, 2.05) is 24.3 Å². The Bertz CT molecular complexity index is 339. The quantitative estimate of drug-likeness (QED) is 0.720. The van der Waals surface area contributed by atoms with Gasteiger partial charge in [0.15, 0.2) is 0 Å². The fourth-order valence-corrected chi connectivity index (χ4v) is 1.77.